The number of hydrogen-bond donors (Lipinski definition) is 1. The second-order valence-corrected chi connectivity index (χ2v) is 4.92. The van der Waals surface area contributed by atoms with Gasteiger partial charge in [0.15, 0.2) is 0 Å². The summed E-state index contributed by atoms with van der Waals surface area (Å²) in [6, 6.07) is 0. The largest absolute Gasteiger partial charge is 0.379 e. The first-order valence-electron chi connectivity index (χ1n) is 5.80. The third kappa shape index (κ3) is 1.81. The second kappa shape index (κ2) is 4.17. The second-order valence-electron chi connectivity index (χ2n) is 4.92. The quantitative estimate of drug-likeness (QED) is 0.714. The van der Waals surface area contributed by atoms with E-state index in [1.54, 1.807) is 0 Å². The molecule has 0 saturated carbocycles. The van der Waals surface area contributed by atoms with Gasteiger partial charge in [-0.15, -0.1) is 0 Å². The number of hydrogen-bond acceptors (Lipinski definition) is 3. The standard InChI is InChI=1S/C11H22N2O/c1-10-3-5-13(7-10)11(8-12)4-2-6-14-9-11/h10H,2-9,12H2,1H3. The molecule has 2 fully saturated rings. The molecule has 2 saturated heterocycles. The van der Waals surface area contributed by atoms with Gasteiger partial charge in [-0.2, -0.15) is 0 Å². The molecule has 0 bridgehead atoms. The van der Waals surface area contributed by atoms with Gasteiger partial charge in [-0.3, -0.25) is 4.90 Å². The van der Waals surface area contributed by atoms with Crippen LogP contribution in [0, 0.1) is 5.92 Å². The molecule has 0 aliphatic carbocycles. The van der Waals surface area contributed by atoms with Crippen molar-refractivity contribution >= 4 is 0 Å². The van der Waals surface area contributed by atoms with E-state index in [0.29, 0.717) is 0 Å². The summed E-state index contributed by atoms with van der Waals surface area (Å²) in [6.07, 6.45) is 3.71. The van der Waals surface area contributed by atoms with Crippen molar-refractivity contribution in [1.82, 2.24) is 4.90 Å². The zero-order valence-corrected chi connectivity index (χ0v) is 9.17. The Morgan fingerprint density at radius 2 is 2.43 bits per heavy atom. The number of rotatable bonds is 2. The van der Waals surface area contributed by atoms with Crippen molar-refractivity contribution in [2.24, 2.45) is 11.7 Å². The third-order valence-electron chi connectivity index (χ3n) is 3.78. The monoisotopic (exact) mass is 198 g/mol. The van der Waals surface area contributed by atoms with E-state index in [9.17, 15) is 0 Å². The van der Waals surface area contributed by atoms with Crippen LogP contribution in [0.3, 0.4) is 0 Å². The van der Waals surface area contributed by atoms with Crippen molar-refractivity contribution < 1.29 is 4.74 Å². The van der Waals surface area contributed by atoms with Gasteiger partial charge in [-0.25, -0.2) is 0 Å². The van der Waals surface area contributed by atoms with Gasteiger partial charge in [0.25, 0.3) is 0 Å². The highest BCUT2D eigenvalue weighted by Crippen LogP contribution is 2.30. The van der Waals surface area contributed by atoms with Crippen molar-refractivity contribution in [3.8, 4) is 0 Å². The topological polar surface area (TPSA) is 38.5 Å². The van der Waals surface area contributed by atoms with E-state index in [4.69, 9.17) is 10.5 Å². The lowest BCUT2D eigenvalue weighted by Gasteiger charge is -2.43. The van der Waals surface area contributed by atoms with Gasteiger partial charge in [0.05, 0.1) is 12.1 Å². The number of likely N-dealkylation sites (tertiary alicyclic amines) is 1. The normalized spacial score (nSPS) is 40.3. The van der Waals surface area contributed by atoms with Crippen LogP contribution >= 0.6 is 0 Å². The zero-order chi connectivity index (χ0) is 10.0. The van der Waals surface area contributed by atoms with Gasteiger partial charge in [0.2, 0.25) is 0 Å². The van der Waals surface area contributed by atoms with Crippen molar-refractivity contribution in [3.05, 3.63) is 0 Å². The summed E-state index contributed by atoms with van der Waals surface area (Å²) in [5.74, 6) is 0.834. The van der Waals surface area contributed by atoms with Crippen molar-refractivity contribution in [3.63, 3.8) is 0 Å². The fraction of sp³-hybridized carbons (Fsp3) is 1.00. The van der Waals surface area contributed by atoms with Gasteiger partial charge in [0.1, 0.15) is 0 Å². The third-order valence-corrected chi connectivity index (χ3v) is 3.78. The predicted octanol–water partition coefficient (Wildman–Crippen LogP) is 0.836. The SMILES string of the molecule is CC1CCN(C2(CN)CCCOC2)C1. The fourth-order valence-corrected chi connectivity index (χ4v) is 2.74. The predicted molar refractivity (Wildman–Crippen MR) is 57.2 cm³/mol. The minimum atomic E-state index is 0.170. The molecule has 2 heterocycles. The van der Waals surface area contributed by atoms with Crippen LogP contribution in [-0.4, -0.2) is 43.3 Å². The first kappa shape index (κ1) is 10.4. The molecule has 3 nitrogen and oxygen atoms in total. The fourth-order valence-electron chi connectivity index (χ4n) is 2.74. The zero-order valence-electron chi connectivity index (χ0n) is 9.17. The molecule has 0 aromatic rings. The molecule has 2 rings (SSSR count). The van der Waals surface area contributed by atoms with E-state index in [-0.39, 0.29) is 5.54 Å². The van der Waals surface area contributed by atoms with Gasteiger partial charge >= 0.3 is 0 Å². The Morgan fingerprint density at radius 1 is 1.57 bits per heavy atom. The van der Waals surface area contributed by atoms with E-state index in [1.165, 1.54) is 32.4 Å². The molecule has 0 spiro atoms. The minimum Gasteiger partial charge on any atom is -0.379 e. The van der Waals surface area contributed by atoms with Crippen molar-refractivity contribution in [1.29, 1.82) is 0 Å². The molecule has 0 aromatic carbocycles. The lowest BCUT2D eigenvalue weighted by molar-refractivity contribution is -0.0365. The van der Waals surface area contributed by atoms with Crippen LogP contribution in [0.15, 0.2) is 0 Å². The highest BCUT2D eigenvalue weighted by Gasteiger charge is 2.40. The van der Waals surface area contributed by atoms with E-state index in [1.807, 2.05) is 0 Å². The molecule has 0 radical (unpaired) electrons. The van der Waals surface area contributed by atoms with Crippen LogP contribution in [0.1, 0.15) is 26.2 Å². The van der Waals surface area contributed by atoms with E-state index in [2.05, 4.69) is 11.8 Å². The minimum absolute atomic E-state index is 0.170. The van der Waals surface area contributed by atoms with Gasteiger partial charge in [-0.1, -0.05) is 6.92 Å². The Bertz CT molecular complexity index is 190. The van der Waals surface area contributed by atoms with Gasteiger partial charge < -0.3 is 10.5 Å². The molecule has 2 atom stereocenters. The van der Waals surface area contributed by atoms with Crippen LogP contribution < -0.4 is 5.73 Å². The maximum atomic E-state index is 5.94. The summed E-state index contributed by atoms with van der Waals surface area (Å²) in [5.41, 5.74) is 6.11. The number of ether oxygens (including phenoxy) is 1. The molecule has 0 aromatic heterocycles. The Morgan fingerprint density at radius 3 is 2.93 bits per heavy atom. The highest BCUT2D eigenvalue weighted by atomic mass is 16.5. The summed E-state index contributed by atoms with van der Waals surface area (Å²) in [5, 5.41) is 0. The van der Waals surface area contributed by atoms with Gasteiger partial charge in [0, 0.05) is 19.7 Å². The summed E-state index contributed by atoms with van der Waals surface area (Å²) in [7, 11) is 0. The van der Waals surface area contributed by atoms with Crippen LogP contribution in [0.4, 0.5) is 0 Å². The molecular weight excluding hydrogens is 176 g/mol. The van der Waals surface area contributed by atoms with Gasteiger partial charge in [-0.05, 0) is 31.7 Å². The smallest absolute Gasteiger partial charge is 0.0662 e. The molecule has 3 heteroatoms. The highest BCUT2D eigenvalue weighted by molar-refractivity contribution is 4.96. The van der Waals surface area contributed by atoms with E-state index < -0.39 is 0 Å². The number of nitrogens with zero attached hydrogens (tertiary/aromatic N) is 1. The Balaban J connectivity index is 2.03. The molecule has 14 heavy (non-hydrogen) atoms. The van der Waals surface area contributed by atoms with E-state index in [0.717, 1.165) is 25.7 Å². The molecular formula is C11H22N2O. The lowest BCUT2D eigenvalue weighted by atomic mass is 9.90. The maximum Gasteiger partial charge on any atom is 0.0662 e. The van der Waals surface area contributed by atoms with Crippen LogP contribution in [0.25, 0.3) is 0 Å². The van der Waals surface area contributed by atoms with Crippen LogP contribution in [0.2, 0.25) is 0 Å². The Labute approximate surface area is 86.6 Å². The lowest BCUT2D eigenvalue weighted by Crippen LogP contribution is -2.57. The van der Waals surface area contributed by atoms with Crippen LogP contribution in [-0.2, 0) is 4.74 Å². The first-order chi connectivity index (χ1) is 6.77. The average molecular weight is 198 g/mol. The number of nitrogens with two attached hydrogens (primary N) is 1. The molecule has 0 amide bonds. The maximum absolute atomic E-state index is 5.94. The van der Waals surface area contributed by atoms with E-state index >= 15 is 0 Å². The molecule has 82 valence electrons. The first-order valence-corrected chi connectivity index (χ1v) is 5.80. The molecule has 2 aliphatic rings. The average Bonchev–Trinajstić information content (AvgIpc) is 2.66. The summed E-state index contributed by atoms with van der Waals surface area (Å²) < 4.78 is 5.60. The van der Waals surface area contributed by atoms with Crippen molar-refractivity contribution in [2.75, 3.05) is 32.8 Å². The van der Waals surface area contributed by atoms with Crippen molar-refractivity contribution in [2.45, 2.75) is 31.7 Å². The van der Waals surface area contributed by atoms with Crippen LogP contribution in [0.5, 0.6) is 0 Å². The molecule has 2 N–H and O–H groups in total. The Kier molecular flexibility index (Phi) is 3.10. The summed E-state index contributed by atoms with van der Waals surface area (Å²) >= 11 is 0. The molecule has 2 aliphatic heterocycles. The Hall–Kier alpha value is -0.120. The summed E-state index contributed by atoms with van der Waals surface area (Å²) in [6.45, 7) is 7.26. The summed E-state index contributed by atoms with van der Waals surface area (Å²) in [4.78, 5) is 2.57. The molecule has 2 unspecified atom stereocenters.